The Bertz CT molecular complexity index is 959. The van der Waals surface area contributed by atoms with Crippen molar-refractivity contribution in [1.29, 1.82) is 0 Å². The Hall–Kier alpha value is -3.05. The number of aromatic nitrogens is 1. The number of pyridine rings is 1. The van der Waals surface area contributed by atoms with E-state index in [0.717, 1.165) is 16.8 Å². The van der Waals surface area contributed by atoms with Crippen LogP contribution < -0.4 is 5.32 Å². The Morgan fingerprint density at radius 1 is 1.14 bits per heavy atom. The molecule has 1 N–H and O–H groups in total. The third kappa shape index (κ3) is 4.81. The maximum absolute atomic E-state index is 13.5. The first kappa shape index (κ1) is 19.7. The summed E-state index contributed by atoms with van der Waals surface area (Å²) in [6, 6.07) is 17.9. The van der Waals surface area contributed by atoms with Crippen LogP contribution in [0.3, 0.4) is 0 Å². The van der Waals surface area contributed by atoms with Crippen molar-refractivity contribution in [2.24, 2.45) is 0 Å². The van der Waals surface area contributed by atoms with Gasteiger partial charge in [0.1, 0.15) is 5.82 Å². The van der Waals surface area contributed by atoms with E-state index in [1.165, 1.54) is 12.1 Å². The number of rotatable bonds is 6. The van der Waals surface area contributed by atoms with Gasteiger partial charge in [0, 0.05) is 30.0 Å². The van der Waals surface area contributed by atoms with E-state index in [4.69, 9.17) is 0 Å². The molecule has 3 rings (SSSR count). The summed E-state index contributed by atoms with van der Waals surface area (Å²) in [6.45, 7) is 4.61. The number of anilines is 1. The van der Waals surface area contributed by atoms with E-state index in [-0.39, 0.29) is 17.8 Å². The molecule has 0 unspecified atom stereocenters. The third-order valence-corrected chi connectivity index (χ3v) is 4.85. The van der Waals surface area contributed by atoms with Crippen molar-refractivity contribution in [1.82, 2.24) is 9.88 Å². The minimum atomic E-state index is -0.375. The summed E-state index contributed by atoms with van der Waals surface area (Å²) < 4.78 is 13.5. The lowest BCUT2D eigenvalue weighted by molar-refractivity contribution is 0.102. The van der Waals surface area contributed by atoms with Crippen molar-refractivity contribution in [3.05, 3.63) is 95.1 Å². The first-order valence-electron chi connectivity index (χ1n) is 9.21. The molecule has 1 heterocycles. The van der Waals surface area contributed by atoms with Crippen LogP contribution in [0.4, 0.5) is 10.1 Å². The molecule has 2 aromatic carbocycles. The van der Waals surface area contributed by atoms with Crippen LogP contribution in [0.1, 0.15) is 40.1 Å². The summed E-state index contributed by atoms with van der Waals surface area (Å²) in [6.07, 6.45) is 1.79. The average molecular weight is 377 g/mol. The van der Waals surface area contributed by atoms with Gasteiger partial charge in [-0.25, -0.2) is 4.39 Å². The Labute approximate surface area is 165 Å². The van der Waals surface area contributed by atoms with Crippen molar-refractivity contribution >= 4 is 11.6 Å². The first-order valence-corrected chi connectivity index (χ1v) is 9.21. The van der Waals surface area contributed by atoms with E-state index < -0.39 is 0 Å². The monoisotopic (exact) mass is 377 g/mol. The predicted molar refractivity (Wildman–Crippen MR) is 110 cm³/mol. The summed E-state index contributed by atoms with van der Waals surface area (Å²) in [5.74, 6) is -0.629. The van der Waals surface area contributed by atoms with Crippen LogP contribution in [-0.4, -0.2) is 22.8 Å². The van der Waals surface area contributed by atoms with E-state index in [9.17, 15) is 9.18 Å². The number of aryl methyl sites for hydroxylation is 1. The number of benzene rings is 2. The molecule has 1 aromatic heterocycles. The van der Waals surface area contributed by atoms with E-state index in [0.29, 0.717) is 17.8 Å². The predicted octanol–water partition coefficient (Wildman–Crippen LogP) is 4.97. The smallest absolute Gasteiger partial charge is 0.255 e. The molecule has 1 atom stereocenters. The van der Waals surface area contributed by atoms with Gasteiger partial charge in [-0.05, 0) is 68.4 Å². The van der Waals surface area contributed by atoms with Crippen molar-refractivity contribution in [2.75, 3.05) is 12.4 Å². The first-order chi connectivity index (χ1) is 13.4. The van der Waals surface area contributed by atoms with Gasteiger partial charge in [0.05, 0.1) is 5.69 Å². The standard InChI is InChI=1S/C23H24FN3O/c1-16-10-11-20(24)14-22(16)26-23(28)19-8-6-7-18(13-19)15-27(3)17(2)21-9-4-5-12-25-21/h4-14,17H,15H2,1-3H3,(H,26,28)/t17-/m1/s1. The van der Waals surface area contributed by atoms with Crippen LogP contribution in [0.25, 0.3) is 0 Å². The molecule has 0 saturated heterocycles. The van der Waals surface area contributed by atoms with Crippen LogP contribution in [0.2, 0.25) is 0 Å². The van der Waals surface area contributed by atoms with Gasteiger partial charge >= 0.3 is 0 Å². The molecule has 0 fully saturated rings. The highest BCUT2D eigenvalue weighted by Crippen LogP contribution is 2.20. The van der Waals surface area contributed by atoms with E-state index in [2.05, 4.69) is 22.1 Å². The molecule has 0 radical (unpaired) electrons. The minimum absolute atomic E-state index is 0.147. The number of halogens is 1. The number of nitrogens with one attached hydrogen (secondary N) is 1. The normalized spacial score (nSPS) is 12.0. The summed E-state index contributed by atoms with van der Waals surface area (Å²) in [5, 5.41) is 2.79. The molecule has 0 bridgehead atoms. The molecule has 3 aromatic rings. The number of hydrogen-bond donors (Lipinski definition) is 1. The zero-order chi connectivity index (χ0) is 20.1. The van der Waals surface area contributed by atoms with Crippen molar-refractivity contribution in [2.45, 2.75) is 26.4 Å². The average Bonchev–Trinajstić information content (AvgIpc) is 2.71. The maximum atomic E-state index is 13.5. The van der Waals surface area contributed by atoms with E-state index in [1.54, 1.807) is 18.3 Å². The van der Waals surface area contributed by atoms with E-state index in [1.807, 2.05) is 50.4 Å². The Kier molecular flexibility index (Phi) is 6.16. The molecule has 28 heavy (non-hydrogen) atoms. The zero-order valence-corrected chi connectivity index (χ0v) is 16.3. The molecule has 0 aliphatic rings. The van der Waals surface area contributed by atoms with Gasteiger partial charge in [0.25, 0.3) is 5.91 Å². The number of hydrogen-bond acceptors (Lipinski definition) is 3. The zero-order valence-electron chi connectivity index (χ0n) is 16.3. The quantitative estimate of drug-likeness (QED) is 0.659. The molecule has 4 nitrogen and oxygen atoms in total. The molecule has 0 aliphatic heterocycles. The second-order valence-electron chi connectivity index (χ2n) is 6.96. The van der Waals surface area contributed by atoms with Crippen LogP contribution in [0.5, 0.6) is 0 Å². The second-order valence-corrected chi connectivity index (χ2v) is 6.96. The van der Waals surface area contributed by atoms with Gasteiger partial charge in [0.2, 0.25) is 0 Å². The van der Waals surface area contributed by atoms with Crippen molar-refractivity contribution < 1.29 is 9.18 Å². The fourth-order valence-electron chi connectivity index (χ4n) is 3.01. The fourth-order valence-corrected chi connectivity index (χ4v) is 3.01. The van der Waals surface area contributed by atoms with Crippen molar-refractivity contribution in [3.8, 4) is 0 Å². The topological polar surface area (TPSA) is 45.2 Å². The van der Waals surface area contributed by atoms with Crippen LogP contribution in [-0.2, 0) is 6.54 Å². The summed E-state index contributed by atoms with van der Waals surface area (Å²) in [7, 11) is 2.03. The molecule has 1 amide bonds. The van der Waals surface area contributed by atoms with Gasteiger partial charge in [-0.1, -0.05) is 24.3 Å². The molecule has 5 heteroatoms. The molecular formula is C23H24FN3O. The van der Waals surface area contributed by atoms with Gasteiger partial charge in [-0.15, -0.1) is 0 Å². The van der Waals surface area contributed by atoms with Crippen LogP contribution >= 0.6 is 0 Å². The largest absolute Gasteiger partial charge is 0.322 e. The summed E-state index contributed by atoms with van der Waals surface area (Å²) in [5.41, 5.74) is 3.86. The number of carbonyl (C=O) groups is 1. The molecule has 0 saturated carbocycles. The van der Waals surface area contributed by atoms with Crippen molar-refractivity contribution in [3.63, 3.8) is 0 Å². The third-order valence-electron chi connectivity index (χ3n) is 4.85. The SMILES string of the molecule is Cc1ccc(F)cc1NC(=O)c1cccc(CN(C)[C@H](C)c2ccccn2)c1. The lowest BCUT2D eigenvalue weighted by Gasteiger charge is -2.24. The molecule has 0 aliphatic carbocycles. The summed E-state index contributed by atoms with van der Waals surface area (Å²) in [4.78, 5) is 19.2. The highest BCUT2D eigenvalue weighted by atomic mass is 19.1. The van der Waals surface area contributed by atoms with Crippen LogP contribution in [0, 0.1) is 12.7 Å². The highest BCUT2D eigenvalue weighted by Gasteiger charge is 2.14. The minimum Gasteiger partial charge on any atom is -0.322 e. The summed E-state index contributed by atoms with van der Waals surface area (Å²) >= 11 is 0. The van der Waals surface area contributed by atoms with Crippen LogP contribution in [0.15, 0.2) is 66.9 Å². The Balaban J connectivity index is 1.71. The molecular weight excluding hydrogens is 353 g/mol. The maximum Gasteiger partial charge on any atom is 0.255 e. The lowest BCUT2D eigenvalue weighted by atomic mass is 10.1. The van der Waals surface area contributed by atoms with Gasteiger partial charge in [0.15, 0.2) is 0 Å². The highest BCUT2D eigenvalue weighted by molar-refractivity contribution is 6.04. The Morgan fingerprint density at radius 3 is 2.71 bits per heavy atom. The van der Waals surface area contributed by atoms with Gasteiger partial charge < -0.3 is 5.32 Å². The fraction of sp³-hybridized carbons (Fsp3) is 0.217. The van der Waals surface area contributed by atoms with Gasteiger partial charge in [-0.2, -0.15) is 0 Å². The number of amides is 1. The number of carbonyl (C=O) groups excluding carboxylic acids is 1. The second kappa shape index (κ2) is 8.76. The molecule has 0 spiro atoms. The number of nitrogens with zero attached hydrogens (tertiary/aromatic N) is 2. The lowest BCUT2D eigenvalue weighted by Crippen LogP contribution is -2.23. The van der Waals surface area contributed by atoms with Gasteiger partial charge in [-0.3, -0.25) is 14.7 Å². The van der Waals surface area contributed by atoms with E-state index >= 15 is 0 Å². The molecule has 144 valence electrons. The Morgan fingerprint density at radius 2 is 1.96 bits per heavy atom.